The molecule has 0 aromatic heterocycles. The summed E-state index contributed by atoms with van der Waals surface area (Å²) in [6, 6.07) is 0.447. The predicted octanol–water partition coefficient (Wildman–Crippen LogP) is 0.209. The van der Waals surface area contributed by atoms with Gasteiger partial charge in [0.05, 0.1) is 6.54 Å². The fourth-order valence-corrected chi connectivity index (χ4v) is 1.47. The van der Waals surface area contributed by atoms with E-state index >= 15 is 0 Å². The van der Waals surface area contributed by atoms with Crippen molar-refractivity contribution in [2.24, 2.45) is 11.5 Å². The first-order valence-corrected chi connectivity index (χ1v) is 6.13. The number of methoxy groups -OCH3 is 1. The molecule has 0 amide bonds. The maximum absolute atomic E-state index is 5.46. The Labute approximate surface area is 105 Å². The van der Waals surface area contributed by atoms with Gasteiger partial charge in [0.1, 0.15) is 12.4 Å². The lowest BCUT2D eigenvalue weighted by molar-refractivity contribution is 0.159. The fraction of sp³-hybridized carbons (Fsp3) is 0.833. The Balaban J connectivity index is 0.000000770. The van der Waals surface area contributed by atoms with Crippen molar-refractivity contribution >= 4 is 0 Å². The lowest BCUT2D eigenvalue weighted by Gasteiger charge is -2.23. The first-order valence-electron chi connectivity index (χ1n) is 6.13. The Morgan fingerprint density at radius 2 is 2.12 bits per heavy atom. The highest BCUT2D eigenvalue weighted by atomic mass is 16.5. The summed E-state index contributed by atoms with van der Waals surface area (Å²) in [5.74, 6) is 0.921. The quantitative estimate of drug-likeness (QED) is 0.583. The second kappa shape index (κ2) is 11.9. The topological polar surface area (TPSA) is 82.5 Å². The van der Waals surface area contributed by atoms with Gasteiger partial charge >= 0.3 is 0 Å². The zero-order chi connectivity index (χ0) is 12.9. The highest BCUT2D eigenvalue weighted by Gasteiger charge is 2.13. The van der Waals surface area contributed by atoms with Crippen LogP contribution in [0.3, 0.4) is 0 Å². The summed E-state index contributed by atoms with van der Waals surface area (Å²) in [7, 11) is 3.25. The van der Waals surface area contributed by atoms with Crippen molar-refractivity contribution in [3.8, 4) is 0 Å². The zero-order valence-corrected chi connectivity index (χ0v) is 11.1. The number of hydrogen-bond acceptors (Lipinski definition) is 5. The molecule has 1 aliphatic heterocycles. The van der Waals surface area contributed by atoms with Gasteiger partial charge in [-0.1, -0.05) is 0 Å². The Bertz CT molecular complexity index is 198. The Morgan fingerprint density at radius 1 is 1.41 bits per heavy atom. The highest BCUT2D eigenvalue weighted by Crippen LogP contribution is 2.09. The van der Waals surface area contributed by atoms with Gasteiger partial charge in [-0.25, -0.2) is 0 Å². The number of nitrogens with two attached hydrogens (primary N) is 2. The molecule has 0 bridgehead atoms. The molecule has 0 spiro atoms. The minimum Gasteiger partial charge on any atom is -0.495 e. The second-order valence-corrected chi connectivity index (χ2v) is 3.98. The number of nitrogens with one attached hydrogen (secondary N) is 1. The van der Waals surface area contributed by atoms with Gasteiger partial charge in [-0.3, -0.25) is 0 Å². The van der Waals surface area contributed by atoms with E-state index in [0.717, 1.165) is 44.7 Å². The standard InChI is InChI=1S/C10H21N3O.C2H6O/c11-5-1-2-6-13-9-3-4-10(7-12)14-8-9;1-3-2/h4,9,13H,1-3,5-8,11-12H2;1-2H3/t9-;/m1./s1. The first kappa shape index (κ1) is 16.4. The predicted molar refractivity (Wildman–Crippen MR) is 70.7 cm³/mol. The average Bonchev–Trinajstić information content (AvgIpc) is 2.36. The maximum Gasteiger partial charge on any atom is 0.106 e. The fourth-order valence-electron chi connectivity index (χ4n) is 1.47. The zero-order valence-electron chi connectivity index (χ0n) is 11.1. The molecule has 1 heterocycles. The third-order valence-corrected chi connectivity index (χ3v) is 2.37. The van der Waals surface area contributed by atoms with Crippen molar-refractivity contribution < 1.29 is 9.47 Å². The molecular formula is C12H27N3O2. The Kier molecular flexibility index (Phi) is 11.4. The lowest BCUT2D eigenvalue weighted by atomic mass is 10.1. The normalized spacial score (nSPS) is 18.8. The van der Waals surface area contributed by atoms with Crippen LogP contribution in [0.5, 0.6) is 0 Å². The Morgan fingerprint density at radius 3 is 2.59 bits per heavy atom. The molecule has 0 aromatic rings. The summed E-state index contributed by atoms with van der Waals surface area (Å²) in [6.07, 6.45) is 5.32. The van der Waals surface area contributed by atoms with E-state index in [1.807, 2.05) is 0 Å². The van der Waals surface area contributed by atoms with Crippen LogP contribution in [0.15, 0.2) is 11.8 Å². The molecule has 0 saturated carbocycles. The molecule has 0 saturated heterocycles. The van der Waals surface area contributed by atoms with Gasteiger partial charge in [-0.15, -0.1) is 0 Å². The molecule has 5 N–H and O–H groups in total. The molecule has 1 rings (SSSR count). The van der Waals surface area contributed by atoms with E-state index in [2.05, 4.69) is 16.1 Å². The molecule has 0 fully saturated rings. The smallest absolute Gasteiger partial charge is 0.106 e. The SMILES string of the molecule is COC.NCCCCN[C@@H]1CC=C(CN)OC1. The van der Waals surface area contributed by atoms with E-state index in [1.165, 1.54) is 0 Å². The number of unbranched alkanes of at least 4 members (excludes halogenated alkanes) is 1. The molecule has 5 nitrogen and oxygen atoms in total. The van der Waals surface area contributed by atoms with Crippen molar-refractivity contribution in [1.29, 1.82) is 0 Å². The van der Waals surface area contributed by atoms with Crippen molar-refractivity contribution in [3.63, 3.8) is 0 Å². The van der Waals surface area contributed by atoms with Gasteiger partial charge < -0.3 is 26.3 Å². The molecule has 0 aromatic carbocycles. The second-order valence-electron chi connectivity index (χ2n) is 3.98. The minimum atomic E-state index is 0.447. The van der Waals surface area contributed by atoms with Gasteiger partial charge in [0, 0.05) is 20.3 Å². The maximum atomic E-state index is 5.46. The van der Waals surface area contributed by atoms with Gasteiger partial charge in [0.2, 0.25) is 0 Å². The number of rotatable bonds is 6. The van der Waals surface area contributed by atoms with Crippen LogP contribution in [0.1, 0.15) is 19.3 Å². The van der Waals surface area contributed by atoms with Crippen LogP contribution < -0.4 is 16.8 Å². The molecule has 0 radical (unpaired) electrons. The summed E-state index contributed by atoms with van der Waals surface area (Å²) in [4.78, 5) is 0. The number of hydrogen-bond donors (Lipinski definition) is 3. The largest absolute Gasteiger partial charge is 0.495 e. The monoisotopic (exact) mass is 245 g/mol. The van der Waals surface area contributed by atoms with Crippen LogP contribution in [0.4, 0.5) is 0 Å². The molecule has 0 unspecified atom stereocenters. The highest BCUT2D eigenvalue weighted by molar-refractivity contribution is 5.00. The molecule has 1 aliphatic rings. The van der Waals surface area contributed by atoms with Crippen molar-refractivity contribution in [1.82, 2.24) is 5.32 Å². The van der Waals surface area contributed by atoms with Crippen LogP contribution in [-0.2, 0) is 9.47 Å². The van der Waals surface area contributed by atoms with Gasteiger partial charge in [-0.05, 0) is 38.4 Å². The summed E-state index contributed by atoms with van der Waals surface area (Å²) in [6.45, 7) is 3.06. The third kappa shape index (κ3) is 9.12. The lowest BCUT2D eigenvalue weighted by Crippen LogP contribution is -2.36. The van der Waals surface area contributed by atoms with Gasteiger partial charge in [0.25, 0.3) is 0 Å². The molecule has 5 heteroatoms. The Hall–Kier alpha value is -0.620. The third-order valence-electron chi connectivity index (χ3n) is 2.37. The van der Waals surface area contributed by atoms with Crippen LogP contribution in [0, 0.1) is 0 Å². The van der Waals surface area contributed by atoms with E-state index in [-0.39, 0.29) is 0 Å². The van der Waals surface area contributed by atoms with Gasteiger partial charge in [-0.2, -0.15) is 0 Å². The summed E-state index contributed by atoms with van der Waals surface area (Å²) in [5.41, 5.74) is 10.9. The number of ether oxygens (including phenoxy) is 2. The van der Waals surface area contributed by atoms with Crippen LogP contribution >= 0.6 is 0 Å². The van der Waals surface area contributed by atoms with Crippen LogP contribution in [0.2, 0.25) is 0 Å². The van der Waals surface area contributed by atoms with E-state index in [9.17, 15) is 0 Å². The van der Waals surface area contributed by atoms with E-state index in [4.69, 9.17) is 16.2 Å². The van der Waals surface area contributed by atoms with Crippen molar-refractivity contribution in [2.75, 3.05) is 40.5 Å². The molecule has 17 heavy (non-hydrogen) atoms. The first-order chi connectivity index (χ1) is 8.28. The van der Waals surface area contributed by atoms with E-state index in [0.29, 0.717) is 12.6 Å². The van der Waals surface area contributed by atoms with Gasteiger partial charge in [0.15, 0.2) is 0 Å². The summed E-state index contributed by atoms with van der Waals surface area (Å²) in [5, 5.41) is 3.44. The molecule has 102 valence electrons. The molecule has 0 aliphatic carbocycles. The van der Waals surface area contributed by atoms with Crippen molar-refractivity contribution in [3.05, 3.63) is 11.8 Å². The summed E-state index contributed by atoms with van der Waals surface area (Å²) < 4.78 is 9.70. The minimum absolute atomic E-state index is 0.447. The molecular weight excluding hydrogens is 218 g/mol. The average molecular weight is 245 g/mol. The van der Waals surface area contributed by atoms with Crippen LogP contribution in [-0.4, -0.2) is 46.5 Å². The summed E-state index contributed by atoms with van der Waals surface area (Å²) >= 11 is 0. The van der Waals surface area contributed by atoms with Crippen molar-refractivity contribution in [2.45, 2.75) is 25.3 Å². The van der Waals surface area contributed by atoms with E-state index < -0.39 is 0 Å². The van der Waals surface area contributed by atoms with E-state index in [1.54, 1.807) is 14.2 Å². The van der Waals surface area contributed by atoms with Crippen LogP contribution in [0.25, 0.3) is 0 Å². The molecule has 1 atom stereocenters.